The van der Waals surface area contributed by atoms with Gasteiger partial charge < -0.3 is 33.7 Å². The summed E-state index contributed by atoms with van der Waals surface area (Å²) in [5.41, 5.74) is 0. The van der Waals surface area contributed by atoms with Crippen molar-refractivity contribution in [2.75, 3.05) is 0 Å². The van der Waals surface area contributed by atoms with Crippen LogP contribution < -0.4 is 19.2 Å². The first-order valence-electron chi connectivity index (χ1n) is 0.816. The Kier molecular flexibility index (Phi) is 10.5. The molecule has 1 N–H and O–H groups in total. The third kappa shape index (κ3) is 487. The Labute approximate surface area is 51.2 Å². The molecule has 0 unspecified atom stereocenters. The summed E-state index contributed by atoms with van der Waals surface area (Å²) >= 11 is 0. The molecule has 0 amide bonds. The Bertz CT molecular complexity index is 23.6. The normalized spacial score (nSPS) is 8.57. The van der Waals surface area contributed by atoms with Crippen molar-refractivity contribution in [1.82, 2.24) is 0 Å². The van der Waals surface area contributed by atoms with Crippen LogP contribution in [-0.4, -0.2) is 14.5 Å². The van der Waals surface area contributed by atoms with Crippen LogP contribution in [0, 0.1) is 0 Å². The van der Waals surface area contributed by atoms with Crippen LogP contribution in [0.2, 0.25) is 0 Å². The van der Waals surface area contributed by atoms with Gasteiger partial charge in [0.2, 0.25) is 0 Å². The van der Waals surface area contributed by atoms with Crippen molar-refractivity contribution in [3.63, 3.8) is 0 Å². The average molecular weight is 168 g/mol. The molecule has 0 aliphatic carbocycles. The van der Waals surface area contributed by atoms with Gasteiger partial charge in [-0.15, -0.1) is 0 Å². The van der Waals surface area contributed by atoms with Crippen LogP contribution in [0.4, 0.5) is 0 Å². The van der Waals surface area contributed by atoms with Crippen molar-refractivity contribution < 1.29 is 41.4 Å². The summed E-state index contributed by atoms with van der Waals surface area (Å²) in [5, 5.41) is 0. The second kappa shape index (κ2) is 4.68. The third-order valence-corrected chi connectivity index (χ3v) is 0. The SMILES string of the molecule is [Co+5].[O-][Si]([O-])([O-])[O-].[OH-]. The Balaban J connectivity index is -0.0000000800. The first kappa shape index (κ1) is 15.6. The first-order chi connectivity index (χ1) is 2.00. The van der Waals surface area contributed by atoms with Crippen molar-refractivity contribution >= 4 is 9.05 Å². The molecule has 0 atom stereocenters. The zero-order valence-corrected chi connectivity index (χ0v) is 4.95. The van der Waals surface area contributed by atoms with Crippen molar-refractivity contribution in [2.45, 2.75) is 0 Å². The molecule has 0 aliphatic rings. The maximum atomic E-state index is 8.58. The molecule has 0 fully saturated rings. The van der Waals surface area contributed by atoms with Gasteiger partial charge in [-0.2, -0.15) is 0 Å². The van der Waals surface area contributed by atoms with Crippen LogP contribution in [0.1, 0.15) is 0 Å². The van der Waals surface area contributed by atoms with E-state index in [4.69, 9.17) is 19.2 Å². The summed E-state index contributed by atoms with van der Waals surface area (Å²) in [5.74, 6) is 0. The topological polar surface area (TPSA) is 122 Å². The maximum absolute atomic E-state index is 8.58. The maximum Gasteiger partial charge on any atom is 5.00 e. The van der Waals surface area contributed by atoms with E-state index in [0.717, 1.165) is 0 Å². The molecule has 0 aromatic rings. The summed E-state index contributed by atoms with van der Waals surface area (Å²) in [6.07, 6.45) is 0. The van der Waals surface area contributed by atoms with E-state index >= 15 is 0 Å². The fourth-order valence-electron chi connectivity index (χ4n) is 0. The molecule has 0 aromatic carbocycles. The molecule has 0 heterocycles. The smallest absolute Gasteiger partial charge is 0.894 e. The predicted octanol–water partition coefficient (Wildman–Crippen LogP) is -5.32. The largest absolute Gasteiger partial charge is 5.00 e. The van der Waals surface area contributed by atoms with E-state index < -0.39 is 9.05 Å². The number of rotatable bonds is 0. The summed E-state index contributed by atoms with van der Waals surface area (Å²) in [6, 6.07) is 0. The van der Waals surface area contributed by atoms with E-state index in [-0.39, 0.29) is 22.3 Å². The molecular formula is HCoO5Si. The Morgan fingerprint density at radius 2 is 0.857 bits per heavy atom. The minimum absolute atomic E-state index is 0. The van der Waals surface area contributed by atoms with E-state index in [0.29, 0.717) is 0 Å². The van der Waals surface area contributed by atoms with E-state index in [1.54, 1.807) is 0 Å². The molecule has 0 radical (unpaired) electrons. The van der Waals surface area contributed by atoms with Gasteiger partial charge in [0.1, 0.15) is 0 Å². The molecule has 0 saturated carbocycles. The molecule has 0 bridgehead atoms. The van der Waals surface area contributed by atoms with Gasteiger partial charge in [0.05, 0.1) is 0 Å². The Morgan fingerprint density at radius 1 is 0.857 bits per heavy atom. The second-order valence-corrected chi connectivity index (χ2v) is 1.50. The van der Waals surface area contributed by atoms with Gasteiger partial charge in [-0.25, -0.2) is 0 Å². The molecule has 0 aromatic heterocycles. The van der Waals surface area contributed by atoms with Crippen LogP contribution in [0.15, 0.2) is 0 Å². The van der Waals surface area contributed by atoms with E-state index in [9.17, 15) is 0 Å². The molecule has 7 heteroatoms. The predicted molar refractivity (Wildman–Crippen MR) is 7.69 cm³/mol. The fraction of sp³-hybridized carbons (Fsp3) is 0. The van der Waals surface area contributed by atoms with E-state index in [1.165, 1.54) is 0 Å². The number of hydrogen-bond donors (Lipinski definition) is 0. The van der Waals surface area contributed by atoms with Crippen LogP contribution in [-0.2, 0) is 16.8 Å². The first-order valence-corrected chi connectivity index (χ1v) is 2.45. The molecule has 0 spiro atoms. The average Bonchev–Trinajstić information content (AvgIpc) is 0.722. The monoisotopic (exact) mass is 168 g/mol. The second-order valence-electron chi connectivity index (χ2n) is 0.500. The van der Waals surface area contributed by atoms with Gasteiger partial charge in [-0.1, -0.05) is 0 Å². The molecular weight excluding hydrogens is 167 g/mol. The summed E-state index contributed by atoms with van der Waals surface area (Å²) in [4.78, 5) is 34.3. The molecule has 5 nitrogen and oxygen atoms in total. The van der Waals surface area contributed by atoms with Crippen LogP contribution in [0.25, 0.3) is 0 Å². The van der Waals surface area contributed by atoms with E-state index in [2.05, 4.69) is 0 Å². The Morgan fingerprint density at radius 3 is 0.857 bits per heavy atom. The Hall–Kier alpha value is 0.523. The van der Waals surface area contributed by atoms with Gasteiger partial charge in [0, 0.05) is 0 Å². The molecule has 0 aliphatic heterocycles. The van der Waals surface area contributed by atoms with Crippen LogP contribution in [0.5, 0.6) is 0 Å². The molecule has 0 rings (SSSR count). The van der Waals surface area contributed by atoms with Gasteiger partial charge in [-0.3, -0.25) is 0 Å². The van der Waals surface area contributed by atoms with Gasteiger partial charge in [-0.05, 0) is 0 Å². The zero-order valence-electron chi connectivity index (χ0n) is 2.91. The van der Waals surface area contributed by atoms with Gasteiger partial charge in [0.25, 0.3) is 0 Å². The quantitative estimate of drug-likeness (QED) is 0.334. The van der Waals surface area contributed by atoms with Gasteiger partial charge in [0.15, 0.2) is 0 Å². The van der Waals surface area contributed by atoms with Crippen molar-refractivity contribution in [1.29, 1.82) is 0 Å². The summed E-state index contributed by atoms with van der Waals surface area (Å²) in [7, 11) is -5.61. The summed E-state index contributed by atoms with van der Waals surface area (Å²) < 4.78 is 0. The van der Waals surface area contributed by atoms with E-state index in [1.807, 2.05) is 0 Å². The van der Waals surface area contributed by atoms with Crippen molar-refractivity contribution in [2.24, 2.45) is 0 Å². The van der Waals surface area contributed by atoms with Crippen LogP contribution in [0.3, 0.4) is 0 Å². The van der Waals surface area contributed by atoms with Crippen LogP contribution >= 0.6 is 0 Å². The fourth-order valence-corrected chi connectivity index (χ4v) is 0. The number of hydrogen-bond acceptors (Lipinski definition) is 5. The van der Waals surface area contributed by atoms with Crippen molar-refractivity contribution in [3.8, 4) is 0 Å². The summed E-state index contributed by atoms with van der Waals surface area (Å²) in [6.45, 7) is 0. The zero-order chi connectivity index (χ0) is 4.50. The standard InChI is InChI=1S/Co.O4Si.H2O/c;1-5(2,3)4;/h;;1H2/q+5;-4;/p-1. The molecule has 7 heavy (non-hydrogen) atoms. The van der Waals surface area contributed by atoms with Crippen molar-refractivity contribution in [3.05, 3.63) is 0 Å². The minimum atomic E-state index is -5.61. The molecule has 44 valence electrons. The van der Waals surface area contributed by atoms with Gasteiger partial charge >= 0.3 is 16.8 Å². The molecule has 0 saturated heterocycles. The minimum Gasteiger partial charge on any atom is -0.894 e. The third-order valence-electron chi connectivity index (χ3n) is 0.